The molecule has 2 rings (SSSR count). The molecule has 1 N–H and O–H groups in total. The Morgan fingerprint density at radius 2 is 2.33 bits per heavy atom. The van der Waals surface area contributed by atoms with Crippen molar-refractivity contribution in [2.45, 2.75) is 26.6 Å². The van der Waals surface area contributed by atoms with Gasteiger partial charge in [0.15, 0.2) is 0 Å². The minimum absolute atomic E-state index is 0.279. The number of aryl methyl sites for hydroxylation is 1. The monoisotopic (exact) mass is 204 g/mol. The summed E-state index contributed by atoms with van der Waals surface area (Å²) in [5.41, 5.74) is 2.55. The number of H-pyrrole nitrogens is 1. The first-order valence-corrected chi connectivity index (χ1v) is 4.84. The molecule has 0 bridgehead atoms. The van der Waals surface area contributed by atoms with Crippen LogP contribution in [0.25, 0.3) is 0 Å². The summed E-state index contributed by atoms with van der Waals surface area (Å²) in [4.78, 5) is 6.62. The third kappa shape index (κ3) is 1.80. The van der Waals surface area contributed by atoms with Crippen molar-refractivity contribution < 1.29 is 5.48 Å². The van der Waals surface area contributed by atoms with Crippen molar-refractivity contribution in [3.63, 3.8) is 0 Å². The van der Waals surface area contributed by atoms with Crippen LogP contribution in [-0.4, -0.2) is 9.97 Å². The van der Waals surface area contributed by atoms with E-state index in [0.717, 1.165) is 11.1 Å². The number of aromatic amines is 1. The molecule has 0 saturated heterocycles. The van der Waals surface area contributed by atoms with Gasteiger partial charge >= 0.3 is 0 Å². The Morgan fingerprint density at radius 3 is 3.00 bits per heavy atom. The van der Waals surface area contributed by atoms with E-state index in [1.165, 1.54) is 12.5 Å². The molecule has 0 saturated carbocycles. The maximum absolute atomic E-state index is 8.57. The topological polar surface area (TPSA) is 28.7 Å². The van der Waals surface area contributed by atoms with Gasteiger partial charge in [0.05, 0.1) is 6.33 Å². The maximum Gasteiger partial charge on any atom is 0.0921 e. The molecule has 0 spiro atoms. The van der Waals surface area contributed by atoms with Gasteiger partial charge in [0.1, 0.15) is 0 Å². The molecule has 2 heteroatoms. The Hall–Kier alpha value is -1.57. The Bertz CT molecular complexity index is 575. The molecular formula is C13H16N2. The second kappa shape index (κ2) is 3.89. The Kier molecular flexibility index (Phi) is 1.58. The average molecular weight is 204 g/mol. The van der Waals surface area contributed by atoms with Crippen LogP contribution in [0.1, 0.15) is 40.6 Å². The zero-order chi connectivity index (χ0) is 14.3. The highest BCUT2D eigenvalue weighted by atomic mass is 14.9. The Balaban J connectivity index is 2.73. The van der Waals surface area contributed by atoms with Gasteiger partial charge in [-0.05, 0) is 30.5 Å². The van der Waals surface area contributed by atoms with Gasteiger partial charge in [-0.3, -0.25) is 0 Å². The Labute approximate surface area is 96.0 Å². The lowest BCUT2D eigenvalue weighted by Gasteiger charge is -2.14. The second-order valence-electron chi connectivity index (χ2n) is 3.59. The van der Waals surface area contributed by atoms with Gasteiger partial charge in [0.25, 0.3) is 0 Å². The van der Waals surface area contributed by atoms with E-state index in [1.54, 1.807) is 12.1 Å². The third-order valence-corrected chi connectivity index (χ3v) is 2.64. The van der Waals surface area contributed by atoms with E-state index in [1.807, 2.05) is 19.9 Å². The number of nitrogens with zero attached hydrogens (tertiary/aromatic N) is 1. The summed E-state index contributed by atoms with van der Waals surface area (Å²) in [5.74, 6) is -1.83. The zero-order valence-electron chi connectivity index (χ0n) is 12.8. The predicted octanol–water partition coefficient (Wildman–Crippen LogP) is 3.18. The first-order valence-electron chi connectivity index (χ1n) is 6.84. The molecule has 1 heterocycles. The first kappa shape index (κ1) is 6.11. The van der Waals surface area contributed by atoms with Crippen molar-refractivity contribution in [1.82, 2.24) is 9.97 Å². The highest BCUT2D eigenvalue weighted by Crippen LogP contribution is 2.26. The molecule has 1 aromatic heterocycles. The van der Waals surface area contributed by atoms with Crippen molar-refractivity contribution in [2.75, 3.05) is 0 Å². The predicted molar refractivity (Wildman–Crippen MR) is 62.0 cm³/mol. The highest BCUT2D eigenvalue weighted by Gasteiger charge is 2.12. The summed E-state index contributed by atoms with van der Waals surface area (Å²) in [7, 11) is 0. The molecule has 0 fully saturated rings. The number of aromatic nitrogens is 2. The summed E-state index contributed by atoms with van der Waals surface area (Å²) in [6, 6.07) is 5.39. The van der Waals surface area contributed by atoms with Crippen molar-refractivity contribution >= 4 is 0 Å². The van der Waals surface area contributed by atoms with E-state index in [2.05, 4.69) is 9.97 Å². The van der Waals surface area contributed by atoms with E-state index in [-0.39, 0.29) is 5.69 Å². The van der Waals surface area contributed by atoms with Crippen LogP contribution in [0.15, 0.2) is 30.7 Å². The van der Waals surface area contributed by atoms with E-state index in [0.29, 0.717) is 5.56 Å². The summed E-state index contributed by atoms with van der Waals surface area (Å²) >= 11 is 0. The molecule has 78 valence electrons. The molecule has 0 radical (unpaired) electrons. The molecule has 0 amide bonds. The van der Waals surface area contributed by atoms with Crippen LogP contribution >= 0.6 is 0 Å². The number of imidazole rings is 1. The smallest absolute Gasteiger partial charge is 0.0921 e. The summed E-state index contributed by atoms with van der Waals surface area (Å²) in [5, 5.41) is 0. The van der Waals surface area contributed by atoms with Crippen molar-refractivity contribution in [2.24, 2.45) is 0 Å². The number of benzene rings is 1. The van der Waals surface area contributed by atoms with Crippen molar-refractivity contribution in [3.8, 4) is 0 Å². The molecule has 15 heavy (non-hydrogen) atoms. The van der Waals surface area contributed by atoms with E-state index >= 15 is 0 Å². The fraction of sp³-hybridized carbons (Fsp3) is 0.308. The van der Waals surface area contributed by atoms with Crippen LogP contribution in [0.5, 0.6) is 0 Å². The number of hydrogen-bond donors (Lipinski definition) is 1. The maximum atomic E-state index is 8.57. The summed E-state index contributed by atoms with van der Waals surface area (Å²) in [6.07, 6.45) is 2.80. The average Bonchev–Trinajstić information content (AvgIpc) is 2.84. The summed E-state index contributed by atoms with van der Waals surface area (Å²) in [6.45, 7) is 1.26. The van der Waals surface area contributed by atoms with Gasteiger partial charge in [-0.25, -0.2) is 4.98 Å². The lowest BCUT2D eigenvalue weighted by Crippen LogP contribution is -2.00. The first-order chi connectivity index (χ1) is 8.78. The molecular weight excluding hydrogens is 184 g/mol. The van der Waals surface area contributed by atoms with Crippen LogP contribution in [0.3, 0.4) is 0 Å². The fourth-order valence-corrected chi connectivity index (χ4v) is 1.56. The highest BCUT2D eigenvalue weighted by molar-refractivity contribution is 5.38. The fourth-order valence-electron chi connectivity index (χ4n) is 1.56. The van der Waals surface area contributed by atoms with E-state index in [9.17, 15) is 0 Å². The molecule has 0 aliphatic heterocycles. The van der Waals surface area contributed by atoms with Gasteiger partial charge < -0.3 is 4.98 Å². The molecule has 0 aliphatic rings. The van der Waals surface area contributed by atoms with Crippen LogP contribution in [0.4, 0.5) is 0 Å². The number of nitrogens with one attached hydrogen (secondary N) is 1. The number of rotatable bonds is 2. The summed E-state index contributed by atoms with van der Waals surface area (Å²) < 4.78 is 31.9. The molecule has 2 aromatic rings. The Morgan fingerprint density at radius 1 is 1.47 bits per heavy atom. The van der Waals surface area contributed by atoms with E-state index < -0.39 is 12.7 Å². The minimum atomic E-state index is -2.49. The van der Waals surface area contributed by atoms with Gasteiger partial charge in [0.2, 0.25) is 0 Å². The van der Waals surface area contributed by atoms with Crippen molar-refractivity contribution in [1.29, 1.82) is 0 Å². The standard InChI is InChI=1S/C13H16N2/c1-9-5-4-6-12(10(9)2)11(3)13-7-14-8-15-13/h4-8,11H,1-3H3,(H,14,15)/t11-/m1/s1/i3D3,11D. The molecule has 2 nitrogen and oxygen atoms in total. The number of hydrogen-bond acceptors (Lipinski definition) is 1. The third-order valence-electron chi connectivity index (χ3n) is 2.64. The van der Waals surface area contributed by atoms with Gasteiger partial charge in [-0.15, -0.1) is 0 Å². The van der Waals surface area contributed by atoms with E-state index in [4.69, 9.17) is 5.48 Å². The van der Waals surface area contributed by atoms with Crippen molar-refractivity contribution in [3.05, 3.63) is 53.1 Å². The molecule has 1 atom stereocenters. The van der Waals surface area contributed by atoms with Crippen LogP contribution < -0.4 is 0 Å². The molecule has 0 aliphatic carbocycles. The quantitative estimate of drug-likeness (QED) is 0.799. The van der Waals surface area contributed by atoms with Crippen LogP contribution in [0.2, 0.25) is 0 Å². The van der Waals surface area contributed by atoms with Gasteiger partial charge in [-0.1, -0.05) is 25.1 Å². The largest absolute Gasteiger partial charge is 0.348 e. The van der Waals surface area contributed by atoms with Crippen LogP contribution in [0, 0.1) is 13.8 Å². The normalized spacial score (nSPS) is 19.6. The second-order valence-corrected chi connectivity index (χ2v) is 3.59. The zero-order valence-corrected chi connectivity index (χ0v) is 8.83. The SMILES string of the molecule is [2H]C([2H])([2H])[C@@]([2H])(c1cnc[nH]1)c1cccc(C)c1C. The van der Waals surface area contributed by atoms with Crippen LogP contribution in [-0.2, 0) is 0 Å². The molecule has 1 aromatic carbocycles. The van der Waals surface area contributed by atoms with Gasteiger partial charge in [-0.2, -0.15) is 0 Å². The minimum Gasteiger partial charge on any atom is -0.348 e. The lowest BCUT2D eigenvalue weighted by atomic mass is 9.92. The van der Waals surface area contributed by atoms with Gasteiger partial charge in [0, 0.05) is 23.3 Å². The lowest BCUT2D eigenvalue weighted by molar-refractivity contribution is 0.871. The molecule has 0 unspecified atom stereocenters.